The van der Waals surface area contributed by atoms with Gasteiger partial charge in [-0.15, -0.1) is 11.8 Å². The topological polar surface area (TPSA) is 71.2 Å². The maximum Gasteiger partial charge on any atom is 0.145 e. The van der Waals surface area contributed by atoms with Gasteiger partial charge in [-0.1, -0.05) is 30.3 Å². The van der Waals surface area contributed by atoms with Crippen LogP contribution in [-0.2, 0) is 5.75 Å². The molecule has 0 spiro atoms. The smallest absolute Gasteiger partial charge is 0.145 e. The summed E-state index contributed by atoms with van der Waals surface area (Å²) in [4.78, 5) is 8.68. The van der Waals surface area contributed by atoms with Crippen molar-refractivity contribution in [3.63, 3.8) is 0 Å². The number of hydrogen-bond donors (Lipinski definition) is 2. The third-order valence-corrected chi connectivity index (χ3v) is 4.16. The molecule has 0 saturated carbocycles. The highest BCUT2D eigenvalue weighted by atomic mass is 32.2. The Labute approximate surface area is 138 Å². The molecule has 2 aromatic heterocycles. The van der Waals surface area contributed by atoms with Gasteiger partial charge < -0.3 is 14.8 Å². The first kappa shape index (κ1) is 15.6. The predicted molar refractivity (Wildman–Crippen MR) is 90.2 cm³/mol. The van der Waals surface area contributed by atoms with E-state index in [9.17, 15) is 5.11 Å². The van der Waals surface area contributed by atoms with Crippen LogP contribution in [0.5, 0.6) is 0 Å². The van der Waals surface area contributed by atoms with Crippen LogP contribution in [0, 0.1) is 0 Å². The van der Waals surface area contributed by atoms with Crippen LogP contribution in [0.25, 0.3) is 0 Å². The van der Waals surface area contributed by atoms with Gasteiger partial charge in [-0.05, 0) is 17.7 Å². The highest BCUT2D eigenvalue weighted by Crippen LogP contribution is 2.21. The van der Waals surface area contributed by atoms with Crippen LogP contribution in [-0.4, -0.2) is 21.6 Å². The van der Waals surface area contributed by atoms with E-state index >= 15 is 0 Å². The number of hydrogen-bond acceptors (Lipinski definition) is 6. The average Bonchev–Trinajstić information content (AvgIpc) is 3.14. The Morgan fingerprint density at radius 2 is 2.00 bits per heavy atom. The lowest BCUT2D eigenvalue weighted by atomic mass is 10.2. The minimum Gasteiger partial charge on any atom is -0.467 e. The maximum atomic E-state index is 9.98. The second-order valence-corrected chi connectivity index (χ2v) is 5.92. The lowest BCUT2D eigenvalue weighted by Crippen LogP contribution is -2.12. The zero-order valence-corrected chi connectivity index (χ0v) is 13.2. The molecule has 6 heteroatoms. The molecule has 5 nitrogen and oxygen atoms in total. The largest absolute Gasteiger partial charge is 0.467 e. The van der Waals surface area contributed by atoms with Crippen molar-refractivity contribution in [3.05, 3.63) is 72.4 Å². The molecule has 3 rings (SSSR count). The minimum atomic E-state index is -0.715. The fourth-order valence-corrected chi connectivity index (χ4v) is 2.82. The fourth-order valence-electron chi connectivity index (χ4n) is 2.02. The van der Waals surface area contributed by atoms with Gasteiger partial charge in [0.2, 0.25) is 0 Å². The molecule has 0 amide bonds. The van der Waals surface area contributed by atoms with Crippen LogP contribution >= 0.6 is 11.8 Å². The zero-order chi connectivity index (χ0) is 15.9. The molecule has 0 aliphatic heterocycles. The molecule has 0 bridgehead atoms. The molecule has 0 saturated heterocycles. The number of anilines is 1. The molecule has 1 unspecified atom stereocenters. The van der Waals surface area contributed by atoms with Crippen LogP contribution in [0.2, 0.25) is 0 Å². The summed E-state index contributed by atoms with van der Waals surface area (Å²) in [6.45, 7) is 0.314. The van der Waals surface area contributed by atoms with Crippen LogP contribution in [0.15, 0.2) is 70.6 Å². The lowest BCUT2D eigenvalue weighted by molar-refractivity contribution is 0.162. The van der Waals surface area contributed by atoms with Gasteiger partial charge in [0, 0.05) is 12.3 Å². The molecule has 0 aliphatic rings. The number of aromatic nitrogens is 2. The van der Waals surface area contributed by atoms with Gasteiger partial charge in [0.05, 0.1) is 18.7 Å². The van der Waals surface area contributed by atoms with Crippen molar-refractivity contribution in [1.82, 2.24) is 9.97 Å². The van der Waals surface area contributed by atoms with E-state index in [0.29, 0.717) is 18.1 Å². The van der Waals surface area contributed by atoms with Crippen LogP contribution in [0.4, 0.5) is 5.82 Å². The Hall–Kier alpha value is -2.31. The normalized spacial score (nSPS) is 12.0. The number of aliphatic hydroxyl groups excluding tert-OH is 1. The number of furan rings is 1. The van der Waals surface area contributed by atoms with Crippen molar-refractivity contribution >= 4 is 17.6 Å². The number of thioether (sulfide) groups is 1. The molecule has 1 atom stereocenters. The lowest BCUT2D eigenvalue weighted by Gasteiger charge is -2.10. The minimum absolute atomic E-state index is 0.314. The Kier molecular flexibility index (Phi) is 5.29. The highest BCUT2D eigenvalue weighted by molar-refractivity contribution is 7.98. The van der Waals surface area contributed by atoms with Gasteiger partial charge in [0.15, 0.2) is 0 Å². The molecule has 23 heavy (non-hydrogen) atoms. The molecule has 2 heterocycles. The Bertz CT molecular complexity index is 720. The predicted octanol–water partition coefficient (Wildman–Crippen LogP) is 3.51. The standard InChI is InChI=1S/C17H17N3O2S/c21-14(15-7-4-8-22-15)9-19-16-10-18-11-17(20-16)23-12-13-5-2-1-3-6-13/h1-8,10-11,14,21H,9,12H2,(H,19,20). The van der Waals surface area contributed by atoms with Crippen LogP contribution in [0.1, 0.15) is 17.4 Å². The first-order valence-corrected chi connectivity index (χ1v) is 8.24. The van der Waals surface area contributed by atoms with Gasteiger partial charge in [-0.2, -0.15) is 0 Å². The third-order valence-electron chi connectivity index (χ3n) is 3.19. The molecule has 0 radical (unpaired) electrons. The molecule has 3 aromatic rings. The number of rotatable bonds is 7. The molecule has 2 N–H and O–H groups in total. The second kappa shape index (κ2) is 7.80. The quantitative estimate of drug-likeness (QED) is 0.647. The summed E-state index contributed by atoms with van der Waals surface area (Å²) < 4.78 is 5.16. The first-order chi connectivity index (χ1) is 11.3. The van der Waals surface area contributed by atoms with E-state index in [1.807, 2.05) is 18.2 Å². The molecular formula is C17H17N3O2S. The number of nitrogens with zero attached hydrogens (tertiary/aromatic N) is 2. The second-order valence-electron chi connectivity index (χ2n) is 4.93. The van der Waals surface area contributed by atoms with Crippen molar-refractivity contribution in [2.45, 2.75) is 16.9 Å². The van der Waals surface area contributed by atoms with E-state index in [1.165, 1.54) is 5.56 Å². The summed E-state index contributed by atoms with van der Waals surface area (Å²) >= 11 is 1.63. The van der Waals surface area contributed by atoms with Crippen molar-refractivity contribution in [2.75, 3.05) is 11.9 Å². The van der Waals surface area contributed by atoms with Gasteiger partial charge in [-0.3, -0.25) is 4.98 Å². The SMILES string of the molecule is OC(CNc1cncc(SCc2ccccc2)n1)c1ccco1. The number of nitrogens with one attached hydrogen (secondary N) is 1. The van der Waals surface area contributed by atoms with Gasteiger partial charge in [0.25, 0.3) is 0 Å². The molecular weight excluding hydrogens is 310 g/mol. The maximum absolute atomic E-state index is 9.98. The van der Waals surface area contributed by atoms with E-state index < -0.39 is 6.10 Å². The van der Waals surface area contributed by atoms with Gasteiger partial charge in [-0.25, -0.2) is 4.98 Å². The number of aliphatic hydroxyl groups is 1. The summed E-state index contributed by atoms with van der Waals surface area (Å²) in [7, 11) is 0. The van der Waals surface area contributed by atoms with E-state index in [0.717, 1.165) is 10.8 Å². The van der Waals surface area contributed by atoms with Gasteiger partial charge in [0.1, 0.15) is 22.7 Å². The summed E-state index contributed by atoms with van der Waals surface area (Å²) in [6, 6.07) is 13.7. The monoisotopic (exact) mass is 327 g/mol. The Morgan fingerprint density at radius 1 is 1.13 bits per heavy atom. The Morgan fingerprint density at radius 3 is 2.78 bits per heavy atom. The zero-order valence-electron chi connectivity index (χ0n) is 12.4. The fraction of sp³-hybridized carbons (Fsp3) is 0.176. The molecule has 1 aromatic carbocycles. The van der Waals surface area contributed by atoms with Crippen molar-refractivity contribution in [1.29, 1.82) is 0 Å². The van der Waals surface area contributed by atoms with Crippen LogP contribution < -0.4 is 5.32 Å². The molecule has 0 fully saturated rings. The van der Waals surface area contributed by atoms with E-state index in [1.54, 1.807) is 42.6 Å². The highest BCUT2D eigenvalue weighted by Gasteiger charge is 2.10. The molecule has 118 valence electrons. The number of benzene rings is 1. The van der Waals surface area contributed by atoms with Crippen molar-refractivity contribution < 1.29 is 9.52 Å². The summed E-state index contributed by atoms with van der Waals surface area (Å²) in [6.07, 6.45) is 4.20. The molecule has 0 aliphatic carbocycles. The van der Waals surface area contributed by atoms with Gasteiger partial charge >= 0.3 is 0 Å². The van der Waals surface area contributed by atoms with Crippen molar-refractivity contribution in [2.24, 2.45) is 0 Å². The summed E-state index contributed by atoms with van der Waals surface area (Å²) in [5, 5.41) is 13.9. The van der Waals surface area contributed by atoms with Crippen molar-refractivity contribution in [3.8, 4) is 0 Å². The van der Waals surface area contributed by atoms with E-state index in [2.05, 4.69) is 27.4 Å². The first-order valence-electron chi connectivity index (χ1n) is 7.25. The Balaban J connectivity index is 1.55. The third kappa shape index (κ3) is 4.58. The average molecular weight is 327 g/mol. The van der Waals surface area contributed by atoms with Crippen LogP contribution in [0.3, 0.4) is 0 Å². The summed E-state index contributed by atoms with van der Waals surface area (Å²) in [5.41, 5.74) is 1.24. The summed E-state index contributed by atoms with van der Waals surface area (Å²) in [5.74, 6) is 2.00. The van der Waals surface area contributed by atoms with E-state index in [-0.39, 0.29) is 0 Å². The van der Waals surface area contributed by atoms with E-state index in [4.69, 9.17) is 4.42 Å².